The van der Waals surface area contributed by atoms with Crippen LogP contribution in [0.3, 0.4) is 0 Å². The topological polar surface area (TPSA) is 63.0 Å². The van der Waals surface area contributed by atoms with Crippen LogP contribution in [0.5, 0.6) is 5.75 Å². The molecule has 5 nitrogen and oxygen atoms in total. The predicted molar refractivity (Wildman–Crippen MR) is 81.8 cm³/mol. The highest BCUT2D eigenvalue weighted by Crippen LogP contribution is 2.24. The van der Waals surface area contributed by atoms with E-state index in [9.17, 15) is 5.11 Å². The molecule has 0 amide bonds. The van der Waals surface area contributed by atoms with Gasteiger partial charge in [0.05, 0.1) is 29.8 Å². The summed E-state index contributed by atoms with van der Waals surface area (Å²) in [6.07, 6.45) is 5.01. The minimum absolute atomic E-state index is 0.152. The van der Waals surface area contributed by atoms with Gasteiger partial charge in [0.15, 0.2) is 0 Å². The van der Waals surface area contributed by atoms with Gasteiger partial charge in [-0.2, -0.15) is 5.10 Å². The van der Waals surface area contributed by atoms with Gasteiger partial charge in [0.2, 0.25) is 0 Å². The van der Waals surface area contributed by atoms with Crippen LogP contribution in [0.15, 0.2) is 55.0 Å². The third kappa shape index (κ3) is 3.14. The fraction of sp³-hybridized carbons (Fsp3) is 0.0667. The highest BCUT2D eigenvalue weighted by molar-refractivity contribution is 6.31. The Labute approximate surface area is 126 Å². The van der Waals surface area contributed by atoms with Gasteiger partial charge in [-0.05, 0) is 36.4 Å². The van der Waals surface area contributed by atoms with Crippen LogP contribution >= 0.6 is 11.6 Å². The third-order valence-electron chi connectivity index (χ3n) is 2.98. The molecule has 0 aliphatic rings. The van der Waals surface area contributed by atoms with E-state index in [2.05, 4.69) is 15.4 Å². The van der Waals surface area contributed by atoms with Crippen molar-refractivity contribution in [2.75, 3.05) is 5.32 Å². The number of anilines is 1. The van der Waals surface area contributed by atoms with Crippen molar-refractivity contribution in [3.05, 3.63) is 65.7 Å². The number of nitrogens with zero attached hydrogens (tertiary/aromatic N) is 3. The van der Waals surface area contributed by atoms with Crippen molar-refractivity contribution in [2.45, 2.75) is 6.54 Å². The molecule has 0 fully saturated rings. The maximum atomic E-state index is 9.24. The normalized spacial score (nSPS) is 10.5. The van der Waals surface area contributed by atoms with Crippen LogP contribution in [0.1, 0.15) is 5.69 Å². The van der Waals surface area contributed by atoms with E-state index >= 15 is 0 Å². The summed E-state index contributed by atoms with van der Waals surface area (Å²) in [5.74, 6) is 0.152. The second-order valence-electron chi connectivity index (χ2n) is 4.47. The lowest BCUT2D eigenvalue weighted by molar-refractivity contribution is 0.472. The van der Waals surface area contributed by atoms with Gasteiger partial charge < -0.3 is 10.4 Å². The van der Waals surface area contributed by atoms with E-state index in [-0.39, 0.29) is 5.75 Å². The van der Waals surface area contributed by atoms with Crippen LogP contribution < -0.4 is 5.32 Å². The minimum Gasteiger partial charge on any atom is -0.506 e. The minimum atomic E-state index is 0.152. The number of rotatable bonds is 4. The van der Waals surface area contributed by atoms with E-state index in [1.54, 1.807) is 23.0 Å². The standard InChI is InChI=1S/C15H13ClN4O/c16-11-2-5-15(20-7-1-6-19-20)14(8-11)18-9-12-3-4-13(21)10-17-12/h1-8,10,18,21H,9H2. The molecule has 106 valence electrons. The highest BCUT2D eigenvalue weighted by Gasteiger charge is 2.06. The number of hydrogen-bond acceptors (Lipinski definition) is 4. The average Bonchev–Trinajstić information content (AvgIpc) is 3.01. The summed E-state index contributed by atoms with van der Waals surface area (Å²) in [6.45, 7) is 0.523. The molecule has 0 saturated carbocycles. The smallest absolute Gasteiger partial charge is 0.133 e. The second-order valence-corrected chi connectivity index (χ2v) is 4.91. The van der Waals surface area contributed by atoms with Gasteiger partial charge in [0.1, 0.15) is 5.75 Å². The molecule has 0 atom stereocenters. The molecule has 0 unspecified atom stereocenters. The SMILES string of the molecule is Oc1ccc(CNc2cc(Cl)ccc2-n2cccn2)nc1. The zero-order valence-corrected chi connectivity index (χ0v) is 11.8. The maximum absolute atomic E-state index is 9.24. The van der Waals surface area contributed by atoms with Gasteiger partial charge in [-0.1, -0.05) is 11.6 Å². The van der Waals surface area contributed by atoms with Crippen LogP contribution in [0, 0.1) is 0 Å². The number of aromatic hydroxyl groups is 1. The summed E-state index contributed by atoms with van der Waals surface area (Å²) in [7, 11) is 0. The van der Waals surface area contributed by atoms with Gasteiger partial charge in [-0.3, -0.25) is 4.98 Å². The Bertz CT molecular complexity index is 726. The Hall–Kier alpha value is -2.53. The first kappa shape index (κ1) is 13.5. The molecule has 0 bridgehead atoms. The van der Waals surface area contributed by atoms with Gasteiger partial charge in [-0.15, -0.1) is 0 Å². The van der Waals surface area contributed by atoms with Crippen molar-refractivity contribution < 1.29 is 5.11 Å². The monoisotopic (exact) mass is 300 g/mol. The molecule has 1 aromatic carbocycles. The van der Waals surface area contributed by atoms with Crippen molar-refractivity contribution in [1.82, 2.24) is 14.8 Å². The number of hydrogen-bond donors (Lipinski definition) is 2. The first-order valence-electron chi connectivity index (χ1n) is 6.40. The van der Waals surface area contributed by atoms with Gasteiger partial charge in [-0.25, -0.2) is 4.68 Å². The number of benzene rings is 1. The van der Waals surface area contributed by atoms with Gasteiger partial charge >= 0.3 is 0 Å². The van der Waals surface area contributed by atoms with Crippen LogP contribution in [0.4, 0.5) is 5.69 Å². The van der Waals surface area contributed by atoms with Crippen molar-refractivity contribution in [2.24, 2.45) is 0 Å². The number of halogens is 1. The molecule has 2 heterocycles. The molecule has 0 spiro atoms. The zero-order valence-electron chi connectivity index (χ0n) is 11.1. The first-order valence-corrected chi connectivity index (χ1v) is 6.77. The van der Waals surface area contributed by atoms with Crippen LogP contribution in [0.25, 0.3) is 5.69 Å². The molecular formula is C15H13ClN4O. The van der Waals surface area contributed by atoms with Crippen molar-refractivity contribution >= 4 is 17.3 Å². The van der Waals surface area contributed by atoms with Crippen LogP contribution in [0.2, 0.25) is 5.02 Å². The fourth-order valence-corrected chi connectivity index (χ4v) is 2.14. The maximum Gasteiger partial charge on any atom is 0.133 e. The van der Waals surface area contributed by atoms with Crippen molar-refractivity contribution in [3.8, 4) is 11.4 Å². The Morgan fingerprint density at radius 2 is 2.14 bits per heavy atom. The molecule has 0 aliphatic carbocycles. The molecule has 0 saturated heterocycles. The number of nitrogens with one attached hydrogen (secondary N) is 1. The van der Waals surface area contributed by atoms with E-state index in [1.165, 1.54) is 6.20 Å². The Morgan fingerprint density at radius 3 is 2.86 bits per heavy atom. The lowest BCUT2D eigenvalue weighted by Crippen LogP contribution is -2.06. The summed E-state index contributed by atoms with van der Waals surface area (Å²) >= 11 is 6.06. The van der Waals surface area contributed by atoms with Gasteiger partial charge in [0, 0.05) is 17.4 Å². The number of pyridine rings is 1. The van der Waals surface area contributed by atoms with E-state index < -0.39 is 0 Å². The Morgan fingerprint density at radius 1 is 1.24 bits per heavy atom. The second kappa shape index (κ2) is 5.85. The molecule has 3 aromatic rings. The molecule has 0 radical (unpaired) electrons. The summed E-state index contributed by atoms with van der Waals surface area (Å²) in [4.78, 5) is 4.14. The molecule has 3 rings (SSSR count). The summed E-state index contributed by atoms with van der Waals surface area (Å²) in [5.41, 5.74) is 2.59. The van der Waals surface area contributed by atoms with Crippen molar-refractivity contribution in [3.63, 3.8) is 0 Å². The quantitative estimate of drug-likeness (QED) is 0.776. The molecule has 0 aliphatic heterocycles. The highest BCUT2D eigenvalue weighted by atomic mass is 35.5. The van der Waals surface area contributed by atoms with E-state index in [0.29, 0.717) is 11.6 Å². The average molecular weight is 301 g/mol. The first-order chi connectivity index (χ1) is 10.2. The molecule has 21 heavy (non-hydrogen) atoms. The third-order valence-corrected chi connectivity index (χ3v) is 3.21. The lowest BCUT2D eigenvalue weighted by atomic mass is 10.2. The summed E-state index contributed by atoms with van der Waals surface area (Å²) in [6, 6.07) is 10.8. The zero-order chi connectivity index (χ0) is 14.7. The number of aromatic nitrogens is 3. The molecule has 6 heteroatoms. The van der Waals surface area contributed by atoms with E-state index in [4.69, 9.17) is 11.6 Å². The Balaban J connectivity index is 1.84. The van der Waals surface area contributed by atoms with E-state index in [0.717, 1.165) is 17.1 Å². The largest absolute Gasteiger partial charge is 0.506 e. The lowest BCUT2D eigenvalue weighted by Gasteiger charge is -2.12. The van der Waals surface area contributed by atoms with E-state index in [1.807, 2.05) is 30.5 Å². The predicted octanol–water partition coefficient (Wildman–Crippen LogP) is 3.24. The molecule has 2 aromatic heterocycles. The van der Waals surface area contributed by atoms with Crippen molar-refractivity contribution in [1.29, 1.82) is 0 Å². The van der Waals surface area contributed by atoms with Crippen LogP contribution in [-0.4, -0.2) is 19.9 Å². The summed E-state index contributed by atoms with van der Waals surface area (Å²) in [5, 5.41) is 17.4. The van der Waals surface area contributed by atoms with Crippen LogP contribution in [-0.2, 0) is 6.54 Å². The Kier molecular flexibility index (Phi) is 3.75. The molecular weight excluding hydrogens is 288 g/mol. The molecule has 2 N–H and O–H groups in total. The fourth-order valence-electron chi connectivity index (χ4n) is 1.97. The summed E-state index contributed by atoms with van der Waals surface area (Å²) < 4.78 is 1.77. The van der Waals surface area contributed by atoms with Gasteiger partial charge in [0.25, 0.3) is 0 Å².